The van der Waals surface area contributed by atoms with Crippen molar-refractivity contribution >= 4 is 17.3 Å². The van der Waals surface area contributed by atoms with Crippen molar-refractivity contribution in [1.29, 1.82) is 0 Å². The lowest BCUT2D eigenvalue weighted by atomic mass is 10.2. The van der Waals surface area contributed by atoms with Crippen LogP contribution in [0.5, 0.6) is 5.75 Å². The fourth-order valence-corrected chi connectivity index (χ4v) is 1.95. The minimum Gasteiger partial charge on any atom is -0.508 e. The van der Waals surface area contributed by atoms with E-state index in [2.05, 4.69) is 17.2 Å². The summed E-state index contributed by atoms with van der Waals surface area (Å²) in [6.07, 6.45) is 2.86. The molecule has 0 saturated heterocycles. The Hall–Kier alpha value is -2.75. The third kappa shape index (κ3) is 4.98. The second kappa shape index (κ2) is 7.88. The van der Waals surface area contributed by atoms with Crippen LogP contribution in [-0.2, 0) is 11.3 Å². The predicted octanol–water partition coefficient (Wildman–Crippen LogP) is 3.91. The fraction of sp³-hybridized carbons (Fsp3) is 0.167. The predicted molar refractivity (Wildman–Crippen MR) is 89.9 cm³/mol. The average Bonchev–Trinajstić information content (AvgIpc) is 2.54. The van der Waals surface area contributed by atoms with Crippen molar-refractivity contribution in [2.24, 2.45) is 0 Å². The van der Waals surface area contributed by atoms with Gasteiger partial charge < -0.3 is 15.7 Å². The summed E-state index contributed by atoms with van der Waals surface area (Å²) in [6, 6.07) is 14.6. The van der Waals surface area contributed by atoms with Crippen LogP contribution in [0.3, 0.4) is 0 Å². The minimum absolute atomic E-state index is 0.00953. The van der Waals surface area contributed by atoms with Gasteiger partial charge in [-0.25, -0.2) is 0 Å². The van der Waals surface area contributed by atoms with Crippen LogP contribution in [0.1, 0.15) is 18.4 Å². The lowest BCUT2D eigenvalue weighted by molar-refractivity contribution is -0.116. The summed E-state index contributed by atoms with van der Waals surface area (Å²) in [4.78, 5) is 11.6. The molecular formula is C18H20N2O2. The maximum absolute atomic E-state index is 11.6. The van der Waals surface area contributed by atoms with Crippen LogP contribution >= 0.6 is 0 Å². The van der Waals surface area contributed by atoms with Gasteiger partial charge in [-0.05, 0) is 48.4 Å². The van der Waals surface area contributed by atoms with Gasteiger partial charge in [-0.1, -0.05) is 18.2 Å². The average molecular weight is 296 g/mol. The van der Waals surface area contributed by atoms with E-state index in [1.807, 2.05) is 36.4 Å². The number of anilines is 2. The standard InChI is InChI=1S/C18H20N2O2/c1-2-3-4-18(22)20-16-9-7-15(8-10-16)19-13-14-5-11-17(21)12-6-14/h2,5-12,19,21H,1,3-4,13H2,(H,20,22). The summed E-state index contributed by atoms with van der Waals surface area (Å²) >= 11 is 0. The van der Waals surface area contributed by atoms with Gasteiger partial charge >= 0.3 is 0 Å². The third-order valence-corrected chi connectivity index (χ3v) is 3.18. The van der Waals surface area contributed by atoms with Crippen molar-refractivity contribution in [2.45, 2.75) is 19.4 Å². The summed E-state index contributed by atoms with van der Waals surface area (Å²) in [5.41, 5.74) is 2.83. The van der Waals surface area contributed by atoms with Crippen molar-refractivity contribution in [3.05, 3.63) is 66.7 Å². The van der Waals surface area contributed by atoms with E-state index in [0.29, 0.717) is 19.4 Å². The molecule has 1 amide bonds. The molecule has 0 spiro atoms. The van der Waals surface area contributed by atoms with Gasteiger partial charge in [0.05, 0.1) is 0 Å². The second-order valence-electron chi connectivity index (χ2n) is 4.97. The molecule has 0 aliphatic heterocycles. The molecule has 0 aromatic heterocycles. The highest BCUT2D eigenvalue weighted by Crippen LogP contribution is 2.16. The number of carbonyl (C=O) groups excluding carboxylic acids is 1. The quantitative estimate of drug-likeness (QED) is 0.679. The molecular weight excluding hydrogens is 276 g/mol. The molecule has 0 aliphatic carbocycles. The first-order valence-corrected chi connectivity index (χ1v) is 7.20. The Morgan fingerprint density at radius 2 is 1.68 bits per heavy atom. The number of benzene rings is 2. The molecule has 0 aliphatic rings. The molecule has 0 unspecified atom stereocenters. The Balaban J connectivity index is 1.85. The smallest absolute Gasteiger partial charge is 0.224 e. The summed E-state index contributed by atoms with van der Waals surface area (Å²) in [6.45, 7) is 4.27. The van der Waals surface area contributed by atoms with Crippen molar-refractivity contribution in [2.75, 3.05) is 10.6 Å². The zero-order valence-corrected chi connectivity index (χ0v) is 12.4. The van der Waals surface area contributed by atoms with E-state index >= 15 is 0 Å². The van der Waals surface area contributed by atoms with Crippen molar-refractivity contribution in [1.82, 2.24) is 0 Å². The van der Waals surface area contributed by atoms with Crippen LogP contribution in [0, 0.1) is 0 Å². The van der Waals surface area contributed by atoms with E-state index in [1.54, 1.807) is 18.2 Å². The number of hydrogen-bond acceptors (Lipinski definition) is 3. The highest BCUT2D eigenvalue weighted by atomic mass is 16.3. The van der Waals surface area contributed by atoms with Crippen LogP contribution in [0.15, 0.2) is 61.2 Å². The first-order chi connectivity index (χ1) is 10.7. The number of nitrogens with one attached hydrogen (secondary N) is 2. The Morgan fingerprint density at radius 3 is 2.32 bits per heavy atom. The van der Waals surface area contributed by atoms with E-state index in [0.717, 1.165) is 16.9 Å². The number of hydrogen-bond donors (Lipinski definition) is 3. The molecule has 4 heteroatoms. The van der Waals surface area contributed by atoms with E-state index in [9.17, 15) is 9.90 Å². The number of rotatable bonds is 7. The van der Waals surface area contributed by atoms with Gasteiger partial charge in [0.2, 0.25) is 5.91 Å². The monoisotopic (exact) mass is 296 g/mol. The molecule has 0 saturated carbocycles. The molecule has 4 nitrogen and oxygen atoms in total. The summed E-state index contributed by atoms with van der Waals surface area (Å²) in [5.74, 6) is 0.255. The molecule has 0 atom stereocenters. The third-order valence-electron chi connectivity index (χ3n) is 3.18. The number of amides is 1. The van der Waals surface area contributed by atoms with Gasteiger partial charge in [-0.3, -0.25) is 4.79 Å². The first-order valence-electron chi connectivity index (χ1n) is 7.20. The van der Waals surface area contributed by atoms with Gasteiger partial charge in [0, 0.05) is 24.3 Å². The van der Waals surface area contributed by atoms with Gasteiger partial charge in [0.25, 0.3) is 0 Å². The SMILES string of the molecule is C=CCCC(=O)Nc1ccc(NCc2ccc(O)cc2)cc1. The molecule has 2 aromatic rings. The number of phenols is 1. The van der Waals surface area contributed by atoms with Crippen molar-refractivity contribution < 1.29 is 9.90 Å². The van der Waals surface area contributed by atoms with Gasteiger partial charge in [0.1, 0.15) is 5.75 Å². The zero-order valence-electron chi connectivity index (χ0n) is 12.4. The number of phenolic OH excluding ortho intramolecular Hbond substituents is 1. The molecule has 0 heterocycles. The van der Waals surface area contributed by atoms with Crippen LogP contribution in [-0.4, -0.2) is 11.0 Å². The topological polar surface area (TPSA) is 61.4 Å². The zero-order chi connectivity index (χ0) is 15.8. The van der Waals surface area contributed by atoms with Gasteiger partial charge in [-0.2, -0.15) is 0 Å². The van der Waals surface area contributed by atoms with Crippen LogP contribution in [0.2, 0.25) is 0 Å². The van der Waals surface area contributed by atoms with E-state index in [4.69, 9.17) is 0 Å². The maximum Gasteiger partial charge on any atom is 0.224 e. The van der Waals surface area contributed by atoms with Gasteiger partial charge in [0.15, 0.2) is 0 Å². The van der Waals surface area contributed by atoms with Crippen LogP contribution in [0.25, 0.3) is 0 Å². The normalized spacial score (nSPS) is 10.0. The van der Waals surface area contributed by atoms with Crippen molar-refractivity contribution in [3.63, 3.8) is 0 Å². The molecule has 2 rings (SSSR count). The molecule has 0 fully saturated rings. The second-order valence-corrected chi connectivity index (χ2v) is 4.97. The number of allylic oxidation sites excluding steroid dienone is 1. The Bertz CT molecular complexity index is 619. The lowest BCUT2D eigenvalue weighted by Gasteiger charge is -2.09. The molecule has 0 bridgehead atoms. The molecule has 2 aromatic carbocycles. The van der Waals surface area contributed by atoms with Crippen LogP contribution < -0.4 is 10.6 Å². The van der Waals surface area contributed by atoms with Crippen molar-refractivity contribution in [3.8, 4) is 5.75 Å². The highest BCUT2D eigenvalue weighted by Gasteiger charge is 2.01. The van der Waals surface area contributed by atoms with Crippen LogP contribution in [0.4, 0.5) is 11.4 Å². The Morgan fingerprint density at radius 1 is 1.05 bits per heavy atom. The first kappa shape index (κ1) is 15.6. The van der Waals surface area contributed by atoms with E-state index in [-0.39, 0.29) is 11.7 Å². The maximum atomic E-state index is 11.6. The molecule has 0 radical (unpaired) electrons. The number of carbonyl (C=O) groups is 1. The lowest BCUT2D eigenvalue weighted by Crippen LogP contribution is -2.10. The Labute approximate surface area is 130 Å². The highest BCUT2D eigenvalue weighted by molar-refractivity contribution is 5.90. The molecule has 114 valence electrons. The largest absolute Gasteiger partial charge is 0.508 e. The minimum atomic E-state index is -0.00953. The molecule has 22 heavy (non-hydrogen) atoms. The number of aromatic hydroxyl groups is 1. The fourth-order valence-electron chi connectivity index (χ4n) is 1.95. The van der Waals surface area contributed by atoms with Gasteiger partial charge in [-0.15, -0.1) is 6.58 Å². The summed E-state index contributed by atoms with van der Waals surface area (Å²) < 4.78 is 0. The summed E-state index contributed by atoms with van der Waals surface area (Å²) in [7, 11) is 0. The van der Waals surface area contributed by atoms with E-state index in [1.165, 1.54) is 0 Å². The van der Waals surface area contributed by atoms with E-state index < -0.39 is 0 Å². The molecule has 3 N–H and O–H groups in total. The summed E-state index contributed by atoms with van der Waals surface area (Å²) in [5, 5.41) is 15.4. The Kier molecular flexibility index (Phi) is 5.60.